The molecule has 1 heterocycles. The molecule has 3 N–H and O–H groups in total. The molecule has 0 amide bonds. The fraction of sp³-hybridized carbons (Fsp3) is 0.727. The lowest BCUT2D eigenvalue weighted by atomic mass is 10.0. The van der Waals surface area contributed by atoms with Gasteiger partial charge >= 0.3 is 0 Å². The maximum atomic E-state index is 5.66. The summed E-state index contributed by atoms with van der Waals surface area (Å²) in [5.74, 6) is 1.25. The van der Waals surface area contributed by atoms with E-state index in [1.807, 2.05) is 6.07 Å². The molecule has 1 aromatic rings. The number of rotatable bonds is 7. The maximum absolute atomic E-state index is 5.66. The molecular formula is C11H21N3O2. The van der Waals surface area contributed by atoms with Gasteiger partial charge in [0.15, 0.2) is 5.76 Å². The van der Waals surface area contributed by atoms with Crippen molar-refractivity contribution in [2.24, 2.45) is 11.7 Å². The summed E-state index contributed by atoms with van der Waals surface area (Å²) in [7, 11) is 1.63. The van der Waals surface area contributed by atoms with Crippen molar-refractivity contribution in [1.29, 1.82) is 0 Å². The van der Waals surface area contributed by atoms with Crippen LogP contribution >= 0.6 is 0 Å². The number of ether oxygens (including phenoxy) is 1. The van der Waals surface area contributed by atoms with Gasteiger partial charge in [-0.15, -0.1) is 0 Å². The summed E-state index contributed by atoms with van der Waals surface area (Å²) in [5, 5.41) is 7.29. The Kier molecular flexibility index (Phi) is 5.45. The van der Waals surface area contributed by atoms with Crippen molar-refractivity contribution in [2.45, 2.75) is 33.0 Å². The topological polar surface area (TPSA) is 73.3 Å². The molecule has 0 aliphatic heterocycles. The Labute approximate surface area is 96.3 Å². The van der Waals surface area contributed by atoms with Crippen molar-refractivity contribution in [1.82, 2.24) is 10.5 Å². The third kappa shape index (κ3) is 3.92. The summed E-state index contributed by atoms with van der Waals surface area (Å²) in [6.07, 6.45) is 0. The fourth-order valence-electron chi connectivity index (χ4n) is 1.48. The summed E-state index contributed by atoms with van der Waals surface area (Å²) in [6, 6.07) is 2.20. The van der Waals surface area contributed by atoms with Crippen LogP contribution in [-0.4, -0.2) is 24.9 Å². The highest BCUT2D eigenvalue weighted by Gasteiger charge is 2.11. The average Bonchev–Trinajstić information content (AvgIpc) is 2.67. The number of methoxy groups -OCH3 is 1. The van der Waals surface area contributed by atoms with Crippen LogP contribution in [0.1, 0.15) is 25.3 Å². The van der Waals surface area contributed by atoms with Gasteiger partial charge in [0.05, 0.1) is 5.69 Å². The molecule has 5 nitrogen and oxygen atoms in total. The molecule has 1 unspecified atom stereocenters. The lowest BCUT2D eigenvalue weighted by Gasteiger charge is -2.19. The number of hydrogen-bond donors (Lipinski definition) is 2. The number of hydrogen-bond acceptors (Lipinski definition) is 5. The highest BCUT2D eigenvalue weighted by atomic mass is 16.5. The number of aromatic nitrogens is 1. The van der Waals surface area contributed by atoms with E-state index in [-0.39, 0.29) is 0 Å². The van der Waals surface area contributed by atoms with E-state index in [0.29, 0.717) is 31.7 Å². The third-order valence-electron chi connectivity index (χ3n) is 2.50. The molecule has 0 saturated heterocycles. The van der Waals surface area contributed by atoms with Gasteiger partial charge in [-0.05, 0) is 5.92 Å². The zero-order valence-corrected chi connectivity index (χ0v) is 10.2. The summed E-state index contributed by atoms with van der Waals surface area (Å²) in [6.45, 7) is 6.04. The largest absolute Gasteiger partial charge is 0.377 e. The lowest BCUT2D eigenvalue weighted by Crippen LogP contribution is -2.39. The van der Waals surface area contributed by atoms with Crippen molar-refractivity contribution in [3.8, 4) is 0 Å². The molecule has 0 fully saturated rings. The molecule has 16 heavy (non-hydrogen) atoms. The second-order valence-corrected chi connectivity index (χ2v) is 4.18. The van der Waals surface area contributed by atoms with Gasteiger partial charge in [0.1, 0.15) is 6.61 Å². The molecular weight excluding hydrogens is 206 g/mol. The molecule has 1 aromatic heterocycles. The van der Waals surface area contributed by atoms with E-state index in [1.54, 1.807) is 7.11 Å². The Balaban J connectivity index is 2.41. The van der Waals surface area contributed by atoms with Gasteiger partial charge in [0.2, 0.25) is 0 Å². The van der Waals surface area contributed by atoms with Gasteiger partial charge in [-0.3, -0.25) is 0 Å². The Morgan fingerprint density at radius 1 is 1.56 bits per heavy atom. The smallest absolute Gasteiger partial charge is 0.162 e. The highest BCUT2D eigenvalue weighted by molar-refractivity contribution is 5.04. The molecule has 0 aromatic carbocycles. The molecule has 0 aliphatic carbocycles. The van der Waals surface area contributed by atoms with Crippen LogP contribution in [0.2, 0.25) is 0 Å². The molecule has 0 bridgehead atoms. The minimum atomic E-state index is 0.308. The van der Waals surface area contributed by atoms with Crippen molar-refractivity contribution in [3.63, 3.8) is 0 Å². The minimum absolute atomic E-state index is 0.308. The van der Waals surface area contributed by atoms with Gasteiger partial charge in [0.25, 0.3) is 0 Å². The fourth-order valence-corrected chi connectivity index (χ4v) is 1.48. The first-order valence-electron chi connectivity index (χ1n) is 5.54. The van der Waals surface area contributed by atoms with Crippen LogP contribution in [0.25, 0.3) is 0 Å². The molecule has 0 radical (unpaired) electrons. The van der Waals surface area contributed by atoms with Crippen LogP contribution in [-0.2, 0) is 17.9 Å². The van der Waals surface area contributed by atoms with Crippen molar-refractivity contribution in [3.05, 3.63) is 17.5 Å². The monoisotopic (exact) mass is 227 g/mol. The van der Waals surface area contributed by atoms with E-state index in [0.717, 1.165) is 11.5 Å². The molecule has 1 rings (SSSR count). The number of nitrogens with one attached hydrogen (secondary N) is 1. The minimum Gasteiger partial charge on any atom is -0.377 e. The van der Waals surface area contributed by atoms with Crippen LogP contribution in [0, 0.1) is 5.92 Å². The van der Waals surface area contributed by atoms with E-state index in [9.17, 15) is 0 Å². The normalized spacial score (nSPS) is 13.3. The average molecular weight is 227 g/mol. The van der Waals surface area contributed by atoms with E-state index < -0.39 is 0 Å². The number of nitrogens with two attached hydrogens (primary N) is 1. The number of nitrogens with zero attached hydrogens (tertiary/aromatic N) is 1. The maximum Gasteiger partial charge on any atom is 0.162 e. The van der Waals surface area contributed by atoms with Gasteiger partial charge in [-0.2, -0.15) is 0 Å². The van der Waals surface area contributed by atoms with Crippen molar-refractivity contribution in [2.75, 3.05) is 13.7 Å². The first-order chi connectivity index (χ1) is 7.67. The molecule has 0 saturated carbocycles. The van der Waals surface area contributed by atoms with Crippen molar-refractivity contribution < 1.29 is 9.26 Å². The van der Waals surface area contributed by atoms with Crippen LogP contribution in [0.5, 0.6) is 0 Å². The van der Waals surface area contributed by atoms with Gasteiger partial charge < -0.3 is 20.3 Å². The second-order valence-electron chi connectivity index (χ2n) is 4.18. The van der Waals surface area contributed by atoms with Crippen LogP contribution in [0.4, 0.5) is 0 Å². The van der Waals surface area contributed by atoms with E-state index in [2.05, 4.69) is 24.3 Å². The van der Waals surface area contributed by atoms with E-state index in [1.165, 1.54) is 0 Å². The zero-order chi connectivity index (χ0) is 12.0. The lowest BCUT2D eigenvalue weighted by molar-refractivity contribution is 0.155. The third-order valence-corrected chi connectivity index (χ3v) is 2.50. The Hall–Kier alpha value is -0.910. The quantitative estimate of drug-likeness (QED) is 0.724. The Morgan fingerprint density at radius 3 is 2.88 bits per heavy atom. The van der Waals surface area contributed by atoms with E-state index in [4.69, 9.17) is 15.0 Å². The first-order valence-corrected chi connectivity index (χ1v) is 5.54. The van der Waals surface area contributed by atoms with Gasteiger partial charge in [-0.25, -0.2) is 0 Å². The first kappa shape index (κ1) is 13.2. The molecule has 0 spiro atoms. The van der Waals surface area contributed by atoms with E-state index >= 15 is 0 Å². The standard InChI is InChI=1S/C11H21N3O2/c1-8(2)11(5-12)13-6-9-4-10(7-15-3)16-14-9/h4,8,11,13H,5-7,12H2,1-3H3. The molecule has 92 valence electrons. The highest BCUT2D eigenvalue weighted by Crippen LogP contribution is 2.06. The Bertz CT molecular complexity index is 299. The SMILES string of the molecule is COCc1cc(CNC(CN)C(C)C)no1. The molecule has 0 aliphatic rings. The summed E-state index contributed by atoms with van der Waals surface area (Å²) in [5.41, 5.74) is 6.55. The van der Waals surface area contributed by atoms with Crippen LogP contribution in [0.15, 0.2) is 10.6 Å². The van der Waals surface area contributed by atoms with Crippen LogP contribution < -0.4 is 11.1 Å². The predicted molar refractivity (Wildman–Crippen MR) is 61.7 cm³/mol. The summed E-state index contributed by atoms with van der Waals surface area (Å²) in [4.78, 5) is 0. The Morgan fingerprint density at radius 2 is 2.31 bits per heavy atom. The predicted octanol–water partition coefficient (Wildman–Crippen LogP) is 0.894. The summed E-state index contributed by atoms with van der Waals surface area (Å²) < 4.78 is 10.0. The van der Waals surface area contributed by atoms with Crippen molar-refractivity contribution >= 4 is 0 Å². The molecule has 1 atom stereocenters. The summed E-state index contributed by atoms with van der Waals surface area (Å²) >= 11 is 0. The second kappa shape index (κ2) is 6.62. The molecule has 5 heteroatoms. The van der Waals surface area contributed by atoms with Crippen LogP contribution in [0.3, 0.4) is 0 Å². The van der Waals surface area contributed by atoms with Gasteiger partial charge in [0, 0.05) is 32.3 Å². The zero-order valence-electron chi connectivity index (χ0n) is 10.2. The van der Waals surface area contributed by atoms with Gasteiger partial charge in [-0.1, -0.05) is 19.0 Å².